The summed E-state index contributed by atoms with van der Waals surface area (Å²) in [6.07, 6.45) is -3.22. The molecule has 0 saturated heterocycles. The summed E-state index contributed by atoms with van der Waals surface area (Å²) in [4.78, 5) is 13.3. The molecule has 0 radical (unpaired) electrons. The lowest BCUT2D eigenvalue weighted by Crippen LogP contribution is -2.53. The number of nitrogens with one attached hydrogen (secondary N) is 2. The van der Waals surface area contributed by atoms with Crippen LogP contribution in [-0.2, 0) is 16.6 Å². The summed E-state index contributed by atoms with van der Waals surface area (Å²) in [6, 6.07) is 14.8. The van der Waals surface area contributed by atoms with Gasteiger partial charge in [-0.3, -0.25) is 0 Å². The normalized spacial score (nSPS) is 15.6. The molecule has 13 heteroatoms. The summed E-state index contributed by atoms with van der Waals surface area (Å²) in [6.45, 7) is 0.0831. The van der Waals surface area contributed by atoms with E-state index in [0.29, 0.717) is 36.1 Å². The van der Waals surface area contributed by atoms with Crippen molar-refractivity contribution in [1.29, 1.82) is 0 Å². The summed E-state index contributed by atoms with van der Waals surface area (Å²) in [5, 5.41) is 10.9. The van der Waals surface area contributed by atoms with Gasteiger partial charge in [-0.15, -0.1) is 0 Å². The van der Waals surface area contributed by atoms with Gasteiger partial charge >= 0.3 is 6.18 Å². The third kappa shape index (κ3) is 5.85. The number of primary sulfonamides is 1. The average Bonchev–Trinajstić information content (AvgIpc) is 2.92. The van der Waals surface area contributed by atoms with E-state index < -0.39 is 27.6 Å². The van der Waals surface area contributed by atoms with Crippen LogP contribution in [0, 0.1) is 5.82 Å². The highest BCUT2D eigenvalue weighted by Gasteiger charge is 2.55. The largest absolute Gasteiger partial charge is 0.411 e. The van der Waals surface area contributed by atoms with Crippen molar-refractivity contribution in [3.8, 4) is 11.3 Å². The molecule has 0 bridgehead atoms. The Kier molecular flexibility index (Phi) is 7.36. The molecule has 0 amide bonds. The summed E-state index contributed by atoms with van der Waals surface area (Å²) in [5.74, 6) is -0.487. The Labute approximate surface area is 228 Å². The second kappa shape index (κ2) is 10.6. The molecule has 0 atom stereocenters. The third-order valence-corrected chi connectivity index (χ3v) is 7.88. The van der Waals surface area contributed by atoms with Crippen LogP contribution in [0.15, 0.2) is 65.6 Å². The number of aromatic nitrogens is 3. The summed E-state index contributed by atoms with van der Waals surface area (Å²) in [5.41, 5.74) is -0.205. The summed E-state index contributed by atoms with van der Waals surface area (Å²) in [7, 11) is -3.92. The monoisotopic (exact) mass is 574 g/mol. The zero-order chi connectivity index (χ0) is 28.5. The molecule has 0 aliphatic heterocycles. The Hall–Kier alpha value is -3.84. The van der Waals surface area contributed by atoms with Crippen LogP contribution in [0.3, 0.4) is 0 Å². The number of sulfonamides is 1. The molecular weight excluding hydrogens is 548 g/mol. The Morgan fingerprint density at radius 2 is 1.65 bits per heavy atom. The second-order valence-corrected chi connectivity index (χ2v) is 11.3. The van der Waals surface area contributed by atoms with Crippen LogP contribution in [0.2, 0.25) is 0 Å². The van der Waals surface area contributed by atoms with E-state index in [2.05, 4.69) is 25.6 Å². The number of nitrogens with two attached hydrogens (primary N) is 1. The fourth-order valence-electron chi connectivity index (χ4n) is 4.84. The van der Waals surface area contributed by atoms with Gasteiger partial charge in [0.1, 0.15) is 16.9 Å². The van der Waals surface area contributed by atoms with Crippen molar-refractivity contribution in [3.63, 3.8) is 0 Å². The number of benzene rings is 2. The molecule has 1 saturated carbocycles. The number of pyridine rings is 1. The van der Waals surface area contributed by atoms with Crippen LogP contribution in [0.25, 0.3) is 22.3 Å². The number of rotatable bonds is 7. The molecule has 2 aromatic heterocycles. The van der Waals surface area contributed by atoms with Crippen molar-refractivity contribution in [1.82, 2.24) is 15.0 Å². The minimum absolute atomic E-state index is 0.0282. The molecule has 210 valence electrons. The first-order valence-corrected chi connectivity index (χ1v) is 14.1. The van der Waals surface area contributed by atoms with Gasteiger partial charge in [0.2, 0.25) is 16.0 Å². The Morgan fingerprint density at radius 1 is 0.925 bits per heavy atom. The predicted molar refractivity (Wildman–Crippen MR) is 143 cm³/mol. The highest BCUT2D eigenvalue weighted by Crippen LogP contribution is 2.44. The Morgan fingerprint density at radius 3 is 2.33 bits per heavy atom. The summed E-state index contributed by atoms with van der Waals surface area (Å²) < 4.78 is 80.2. The number of hydrogen-bond acceptors (Lipinski definition) is 7. The molecule has 5 rings (SSSR count). The van der Waals surface area contributed by atoms with Gasteiger partial charge in [-0.05, 0) is 66.9 Å². The minimum Gasteiger partial charge on any atom is -0.354 e. The highest BCUT2D eigenvalue weighted by molar-refractivity contribution is 7.89. The first-order chi connectivity index (χ1) is 18.9. The zero-order valence-electron chi connectivity index (χ0n) is 21.2. The molecule has 1 aliphatic carbocycles. The predicted octanol–water partition coefficient (Wildman–Crippen LogP) is 5.77. The SMILES string of the molecule is NS(=O)(=O)c1cccc(CNc2nc(NC3(C(F)(F)F)CCCCC3)c3nc(-c4ccc(F)cc4)ccc3n2)c1. The van der Waals surface area contributed by atoms with Crippen molar-refractivity contribution in [2.24, 2.45) is 5.14 Å². The molecule has 2 heterocycles. The van der Waals surface area contributed by atoms with Gasteiger partial charge in [0.05, 0.1) is 16.1 Å². The quantitative estimate of drug-likeness (QED) is 0.240. The van der Waals surface area contributed by atoms with E-state index >= 15 is 0 Å². The van der Waals surface area contributed by atoms with Crippen molar-refractivity contribution in [3.05, 3.63) is 72.0 Å². The molecule has 4 N–H and O–H groups in total. The molecule has 8 nitrogen and oxygen atoms in total. The lowest BCUT2D eigenvalue weighted by Gasteiger charge is -2.40. The van der Waals surface area contributed by atoms with Gasteiger partial charge in [-0.2, -0.15) is 18.2 Å². The van der Waals surface area contributed by atoms with Gasteiger partial charge in [0.25, 0.3) is 0 Å². The standard InChI is InChI=1S/C27H26F4N6O2S/c28-19-9-7-18(8-10-19)21-11-12-22-23(34-21)24(37-26(27(29,30)31)13-2-1-3-14-26)36-25(35-22)33-16-17-5-4-6-20(15-17)40(32,38)39/h4-12,15H,1-3,13-14,16H2,(H2,32,38,39)(H2,33,35,36,37). The van der Waals surface area contributed by atoms with E-state index in [0.717, 1.165) is 0 Å². The van der Waals surface area contributed by atoms with E-state index in [1.54, 1.807) is 18.2 Å². The molecular formula is C27H26F4N6O2S. The maximum atomic E-state index is 14.4. The maximum absolute atomic E-state index is 14.4. The Balaban J connectivity index is 1.56. The topological polar surface area (TPSA) is 123 Å². The van der Waals surface area contributed by atoms with Crippen LogP contribution in [0.4, 0.5) is 29.3 Å². The van der Waals surface area contributed by atoms with Crippen LogP contribution in [0.1, 0.15) is 37.7 Å². The lowest BCUT2D eigenvalue weighted by molar-refractivity contribution is -0.186. The lowest BCUT2D eigenvalue weighted by atomic mass is 9.81. The van der Waals surface area contributed by atoms with E-state index in [4.69, 9.17) is 5.14 Å². The van der Waals surface area contributed by atoms with Crippen molar-refractivity contribution in [2.75, 3.05) is 10.6 Å². The molecule has 4 aromatic rings. The van der Waals surface area contributed by atoms with Gasteiger partial charge in [-0.25, -0.2) is 27.9 Å². The maximum Gasteiger partial charge on any atom is 0.411 e. The molecule has 40 heavy (non-hydrogen) atoms. The third-order valence-electron chi connectivity index (χ3n) is 6.97. The van der Waals surface area contributed by atoms with Crippen molar-refractivity contribution < 1.29 is 26.0 Å². The van der Waals surface area contributed by atoms with Crippen molar-refractivity contribution >= 4 is 32.8 Å². The van der Waals surface area contributed by atoms with Gasteiger partial charge in [0, 0.05) is 12.1 Å². The van der Waals surface area contributed by atoms with Crippen LogP contribution in [-0.4, -0.2) is 35.1 Å². The second-order valence-electron chi connectivity index (χ2n) is 9.78. The van der Waals surface area contributed by atoms with Gasteiger partial charge in [0.15, 0.2) is 5.82 Å². The fraction of sp³-hybridized carbons (Fsp3) is 0.296. The van der Waals surface area contributed by atoms with Gasteiger partial charge in [-0.1, -0.05) is 31.4 Å². The zero-order valence-corrected chi connectivity index (χ0v) is 22.0. The van der Waals surface area contributed by atoms with E-state index in [9.17, 15) is 26.0 Å². The molecule has 0 spiro atoms. The molecule has 1 aliphatic rings. The molecule has 0 unspecified atom stereocenters. The summed E-state index contributed by atoms with van der Waals surface area (Å²) >= 11 is 0. The van der Waals surface area contributed by atoms with Crippen LogP contribution < -0.4 is 15.8 Å². The van der Waals surface area contributed by atoms with Crippen LogP contribution >= 0.6 is 0 Å². The smallest absolute Gasteiger partial charge is 0.354 e. The highest BCUT2D eigenvalue weighted by atomic mass is 32.2. The van der Waals surface area contributed by atoms with Gasteiger partial charge < -0.3 is 10.6 Å². The first kappa shape index (κ1) is 27.7. The van der Waals surface area contributed by atoms with E-state index in [1.165, 1.54) is 42.5 Å². The minimum atomic E-state index is -4.54. The fourth-order valence-corrected chi connectivity index (χ4v) is 5.42. The van der Waals surface area contributed by atoms with Crippen LogP contribution in [0.5, 0.6) is 0 Å². The van der Waals surface area contributed by atoms with Crippen molar-refractivity contribution in [2.45, 2.75) is 55.3 Å². The number of nitrogens with zero attached hydrogens (tertiary/aromatic N) is 3. The number of hydrogen-bond donors (Lipinski definition) is 3. The number of anilines is 2. The molecule has 1 fully saturated rings. The Bertz CT molecular complexity index is 1640. The molecule has 2 aromatic carbocycles. The first-order valence-electron chi connectivity index (χ1n) is 12.6. The number of alkyl halides is 3. The van der Waals surface area contributed by atoms with E-state index in [-0.39, 0.29) is 47.1 Å². The van der Waals surface area contributed by atoms with E-state index in [1.807, 2.05) is 0 Å². The number of fused-ring (bicyclic) bond motifs is 1. The average molecular weight is 575 g/mol. The number of halogens is 4.